The quantitative estimate of drug-likeness (QED) is 0.250. The molecule has 0 aliphatic heterocycles. The van der Waals surface area contributed by atoms with Crippen molar-refractivity contribution in [3.63, 3.8) is 0 Å². The maximum Gasteiger partial charge on any atom is 0.347 e. The van der Waals surface area contributed by atoms with Crippen LogP contribution < -0.4 is 21.5 Å². The average Bonchev–Trinajstić information content (AvgIpc) is 2.97. The largest absolute Gasteiger partial charge is 0.403 e. The second-order valence-corrected chi connectivity index (χ2v) is 11.6. The van der Waals surface area contributed by atoms with Crippen LogP contribution >= 0.6 is 7.05 Å². The molecule has 0 atom stereocenters. The van der Waals surface area contributed by atoms with Gasteiger partial charge < -0.3 is 4.42 Å². The van der Waals surface area contributed by atoms with Crippen molar-refractivity contribution in [3.8, 4) is 11.5 Å². The first-order valence-electron chi connectivity index (χ1n) is 12.0. The molecule has 4 nitrogen and oxygen atoms in total. The van der Waals surface area contributed by atoms with Gasteiger partial charge in [-0.15, -0.1) is 0 Å². The molecule has 0 unspecified atom stereocenters. The summed E-state index contributed by atoms with van der Waals surface area (Å²) in [6.07, 6.45) is 0. The van der Waals surface area contributed by atoms with Crippen LogP contribution in [-0.4, -0.2) is 4.98 Å². The zero-order chi connectivity index (χ0) is 25.1. The third kappa shape index (κ3) is 4.22. The van der Waals surface area contributed by atoms with Gasteiger partial charge in [0.2, 0.25) is 5.89 Å². The Morgan fingerprint density at radius 1 is 0.568 bits per heavy atom. The summed E-state index contributed by atoms with van der Waals surface area (Å²) in [4.78, 5) is 17.5. The molecule has 5 aromatic carbocycles. The fraction of sp³-hybridized carbons (Fsp3) is 0. The van der Waals surface area contributed by atoms with Crippen LogP contribution in [0.4, 0.5) is 5.69 Å². The van der Waals surface area contributed by atoms with Crippen molar-refractivity contribution in [1.82, 2.24) is 4.98 Å². The molecule has 0 saturated carbocycles. The first-order valence-corrected chi connectivity index (χ1v) is 13.8. The van der Waals surface area contributed by atoms with Crippen molar-refractivity contribution in [1.29, 1.82) is 0 Å². The van der Waals surface area contributed by atoms with Crippen molar-refractivity contribution in [3.05, 3.63) is 150 Å². The summed E-state index contributed by atoms with van der Waals surface area (Å²) in [5.74, 6) is 0.260. The first-order chi connectivity index (χ1) is 18.3. The van der Waals surface area contributed by atoms with Gasteiger partial charge in [0, 0.05) is 15.9 Å². The van der Waals surface area contributed by atoms with E-state index < -0.39 is 12.7 Å². The summed E-state index contributed by atoms with van der Waals surface area (Å²) in [5, 5.41) is 3.86. The fourth-order valence-electron chi connectivity index (χ4n) is 4.59. The van der Waals surface area contributed by atoms with E-state index in [1.165, 1.54) is 0 Å². The van der Waals surface area contributed by atoms with Crippen LogP contribution in [-0.2, 0) is 0 Å². The summed E-state index contributed by atoms with van der Waals surface area (Å²) in [6, 6.07) is 46.3. The van der Waals surface area contributed by atoms with Crippen LogP contribution in [0.15, 0.2) is 153 Å². The van der Waals surface area contributed by atoms with Crippen molar-refractivity contribution < 1.29 is 4.42 Å². The highest BCUT2D eigenvalue weighted by Gasteiger charge is 2.28. The maximum absolute atomic E-state index is 12.8. The van der Waals surface area contributed by atoms with E-state index in [0.29, 0.717) is 16.5 Å². The lowest BCUT2D eigenvalue weighted by Gasteiger charge is -2.27. The third-order valence-corrected chi connectivity index (χ3v) is 9.97. The number of nitrogens with zero attached hydrogens (tertiary/aromatic N) is 2. The van der Waals surface area contributed by atoms with Gasteiger partial charge in [0.1, 0.15) is 0 Å². The molecule has 6 aromatic rings. The van der Waals surface area contributed by atoms with Gasteiger partial charge >= 0.3 is 5.63 Å². The number of fused-ring (bicyclic) bond motifs is 1. The van der Waals surface area contributed by atoms with Gasteiger partial charge in [0.05, 0.1) is 29.2 Å². The molecule has 0 bridgehead atoms. The minimum atomic E-state index is -2.51. The minimum absolute atomic E-state index is 0.260. The third-order valence-electron chi connectivity index (χ3n) is 6.32. The zero-order valence-corrected chi connectivity index (χ0v) is 20.8. The zero-order valence-electron chi connectivity index (χ0n) is 19.9. The molecule has 0 N–H and O–H groups in total. The summed E-state index contributed by atoms with van der Waals surface area (Å²) < 4.78 is 11.3. The molecule has 0 aliphatic carbocycles. The molecule has 0 spiro atoms. The number of rotatable bonds is 5. The Labute approximate surface area is 215 Å². The molecule has 1 heterocycles. The van der Waals surface area contributed by atoms with E-state index in [9.17, 15) is 4.79 Å². The topological polar surface area (TPSA) is 55.5 Å². The molecule has 178 valence electrons. The Hall–Kier alpha value is -4.53. The molecular formula is C32H23N2O2P. The Morgan fingerprint density at radius 2 is 1.05 bits per heavy atom. The minimum Gasteiger partial charge on any atom is -0.403 e. The van der Waals surface area contributed by atoms with E-state index in [0.717, 1.165) is 21.6 Å². The van der Waals surface area contributed by atoms with E-state index in [1.807, 2.05) is 60.7 Å². The van der Waals surface area contributed by atoms with Crippen molar-refractivity contribution in [2.45, 2.75) is 0 Å². The van der Waals surface area contributed by atoms with Gasteiger partial charge in [-0.2, -0.15) is 0 Å². The predicted octanol–water partition coefficient (Wildman–Crippen LogP) is 6.66. The van der Waals surface area contributed by atoms with Crippen molar-refractivity contribution >= 4 is 39.6 Å². The Balaban J connectivity index is 1.71. The van der Waals surface area contributed by atoms with Gasteiger partial charge in [0.15, 0.2) is 0 Å². The van der Waals surface area contributed by atoms with E-state index in [4.69, 9.17) is 14.1 Å². The van der Waals surface area contributed by atoms with Crippen molar-refractivity contribution in [2.75, 3.05) is 0 Å². The Bertz CT molecular complexity index is 1690. The molecule has 0 amide bonds. The SMILES string of the molecule is O=c1oc(-c2ccccc2N=P(c2ccccc2)(c2ccccc2)c2ccccc2)nc2ccccc12. The number of hydrogen-bond donors (Lipinski definition) is 0. The lowest BCUT2D eigenvalue weighted by atomic mass is 10.1. The summed E-state index contributed by atoms with van der Waals surface area (Å²) >= 11 is 0. The molecule has 0 aliphatic rings. The average molecular weight is 499 g/mol. The fourth-order valence-corrected chi connectivity index (χ4v) is 8.14. The maximum atomic E-state index is 12.8. The molecule has 0 fully saturated rings. The summed E-state index contributed by atoms with van der Waals surface area (Å²) in [5.41, 5.74) is 1.58. The monoisotopic (exact) mass is 498 g/mol. The molecule has 5 heteroatoms. The molecule has 0 saturated heterocycles. The summed E-state index contributed by atoms with van der Waals surface area (Å²) in [6.45, 7) is 0. The molecule has 0 radical (unpaired) electrons. The lowest BCUT2D eigenvalue weighted by molar-refractivity contribution is 0.518. The van der Waals surface area contributed by atoms with Crippen molar-refractivity contribution in [2.24, 2.45) is 4.74 Å². The van der Waals surface area contributed by atoms with Gasteiger partial charge in [0.25, 0.3) is 0 Å². The normalized spacial score (nSPS) is 11.4. The van der Waals surface area contributed by atoms with Gasteiger partial charge in [-0.1, -0.05) is 115 Å². The van der Waals surface area contributed by atoms with Gasteiger partial charge in [-0.05, 0) is 24.3 Å². The van der Waals surface area contributed by atoms with Crippen LogP contribution in [0, 0.1) is 0 Å². The molecule has 6 rings (SSSR count). The van der Waals surface area contributed by atoms with E-state index in [-0.39, 0.29) is 5.89 Å². The molecular weight excluding hydrogens is 475 g/mol. The van der Waals surface area contributed by atoms with Crippen LogP contribution in [0.25, 0.3) is 22.4 Å². The van der Waals surface area contributed by atoms with Crippen LogP contribution in [0.1, 0.15) is 0 Å². The number of aromatic nitrogens is 1. The second kappa shape index (κ2) is 9.85. The van der Waals surface area contributed by atoms with Gasteiger partial charge in [-0.25, -0.2) is 9.78 Å². The van der Waals surface area contributed by atoms with E-state index in [1.54, 1.807) is 6.07 Å². The summed E-state index contributed by atoms with van der Waals surface area (Å²) in [7, 11) is -2.51. The first kappa shape index (κ1) is 22.9. The number of para-hydroxylation sites is 1. The molecule has 1 aromatic heterocycles. The molecule has 37 heavy (non-hydrogen) atoms. The van der Waals surface area contributed by atoms with Crippen LogP contribution in [0.5, 0.6) is 0 Å². The Morgan fingerprint density at radius 3 is 1.65 bits per heavy atom. The standard InChI is InChI=1S/C32H23N2O2P/c35-32-28-21-11-12-22-29(28)33-31(36-32)27-20-10-13-23-30(27)34-37(24-14-4-1-5-15-24,25-16-6-2-7-17-25)26-18-8-3-9-19-26/h1-23H. The second-order valence-electron chi connectivity index (χ2n) is 8.58. The van der Waals surface area contributed by atoms with Gasteiger partial charge in [-0.3, -0.25) is 4.74 Å². The Kier molecular flexibility index (Phi) is 6.10. The smallest absolute Gasteiger partial charge is 0.347 e. The van der Waals surface area contributed by atoms with E-state index in [2.05, 4.69) is 72.8 Å². The highest BCUT2D eigenvalue weighted by Crippen LogP contribution is 2.50. The van der Waals surface area contributed by atoms with Crippen LogP contribution in [0.3, 0.4) is 0 Å². The highest BCUT2D eigenvalue weighted by atomic mass is 31.2. The predicted molar refractivity (Wildman–Crippen MR) is 153 cm³/mol. The van der Waals surface area contributed by atoms with E-state index >= 15 is 0 Å². The highest BCUT2D eigenvalue weighted by molar-refractivity contribution is 7.87. The lowest BCUT2D eigenvalue weighted by Crippen LogP contribution is -2.25. The van der Waals surface area contributed by atoms with Crippen LogP contribution in [0.2, 0.25) is 0 Å². The number of hydrogen-bond acceptors (Lipinski definition) is 4. The number of benzene rings is 5.